The summed E-state index contributed by atoms with van der Waals surface area (Å²) in [6.45, 7) is 0. The van der Waals surface area contributed by atoms with Crippen molar-refractivity contribution in [2.45, 2.75) is 0 Å². The van der Waals surface area contributed by atoms with E-state index in [1.54, 1.807) is 7.11 Å². The van der Waals surface area contributed by atoms with Crippen molar-refractivity contribution in [2.75, 3.05) is 41.4 Å². The van der Waals surface area contributed by atoms with Crippen molar-refractivity contribution >= 4 is 28.7 Å². The number of nitrogens with zero attached hydrogens (tertiary/aromatic N) is 5. The Morgan fingerprint density at radius 3 is 2.33 bits per heavy atom. The van der Waals surface area contributed by atoms with Crippen LogP contribution in [0.25, 0.3) is 11.0 Å². The molecular weight excluding hydrogens is 294 g/mol. The molecule has 8 heteroatoms. The smallest absolute Gasteiger partial charge is 0.369 e. The number of fused-ring (bicyclic) bond motifs is 1. The highest BCUT2D eigenvalue weighted by Gasteiger charge is 2.22. The van der Waals surface area contributed by atoms with E-state index in [2.05, 4.69) is 15.0 Å². The molecule has 21 heavy (non-hydrogen) atoms. The second-order valence-corrected chi connectivity index (χ2v) is 4.73. The SMILES string of the molecule is CN(C)C(=[O+]n1nnc2ccccc21)N(C)C.COCCl. The fourth-order valence-corrected chi connectivity index (χ4v) is 1.56. The normalized spacial score (nSPS) is 9.81. The van der Waals surface area contributed by atoms with E-state index in [-0.39, 0.29) is 0 Å². The third-order valence-corrected chi connectivity index (χ3v) is 2.58. The Balaban J connectivity index is 0.000000491. The zero-order valence-electron chi connectivity index (χ0n) is 12.9. The fraction of sp³-hybridized carbons (Fsp3) is 0.462. The topological polar surface area (TPSA) is 57.7 Å². The second-order valence-electron chi connectivity index (χ2n) is 4.51. The van der Waals surface area contributed by atoms with Crippen LogP contribution >= 0.6 is 11.6 Å². The van der Waals surface area contributed by atoms with E-state index in [0.717, 1.165) is 11.0 Å². The molecule has 0 aliphatic rings. The number of benzene rings is 1. The minimum Gasteiger partial charge on any atom is -0.369 e. The number of ether oxygens (including phenoxy) is 1. The number of methoxy groups -OCH3 is 1. The number of halogens is 1. The highest BCUT2D eigenvalue weighted by molar-refractivity contribution is 6.17. The molecule has 1 aromatic carbocycles. The highest BCUT2D eigenvalue weighted by Crippen LogP contribution is 2.11. The van der Waals surface area contributed by atoms with Crippen molar-refractivity contribution in [3.63, 3.8) is 0 Å². The zero-order valence-corrected chi connectivity index (χ0v) is 13.7. The number of amides is 2. The lowest BCUT2D eigenvalue weighted by Crippen LogP contribution is -2.35. The molecule has 116 valence electrons. The van der Waals surface area contributed by atoms with Gasteiger partial charge in [0.2, 0.25) is 0 Å². The molecule has 0 N–H and O–H groups in total. The first-order valence-electron chi connectivity index (χ1n) is 6.26. The van der Waals surface area contributed by atoms with Crippen LogP contribution in [-0.4, -0.2) is 72.4 Å². The van der Waals surface area contributed by atoms with Crippen LogP contribution in [0.5, 0.6) is 0 Å². The van der Waals surface area contributed by atoms with E-state index in [1.165, 1.54) is 4.85 Å². The van der Waals surface area contributed by atoms with Gasteiger partial charge in [-0.1, -0.05) is 23.7 Å². The van der Waals surface area contributed by atoms with Gasteiger partial charge in [0.25, 0.3) is 0 Å². The van der Waals surface area contributed by atoms with Crippen LogP contribution in [0.1, 0.15) is 0 Å². The van der Waals surface area contributed by atoms with Crippen LogP contribution in [0.15, 0.2) is 24.3 Å². The van der Waals surface area contributed by atoms with Gasteiger partial charge < -0.3 is 4.74 Å². The van der Waals surface area contributed by atoms with Gasteiger partial charge >= 0.3 is 6.03 Å². The summed E-state index contributed by atoms with van der Waals surface area (Å²) in [5.41, 5.74) is 1.65. The van der Waals surface area contributed by atoms with Crippen LogP contribution in [0.2, 0.25) is 0 Å². The minimum atomic E-state index is 0.292. The number of alkyl halides is 1. The molecule has 0 saturated heterocycles. The van der Waals surface area contributed by atoms with Crippen molar-refractivity contribution in [1.29, 1.82) is 0 Å². The quantitative estimate of drug-likeness (QED) is 0.627. The molecule has 0 bridgehead atoms. The van der Waals surface area contributed by atoms with Crippen LogP contribution in [-0.2, 0) is 4.74 Å². The molecular formula is C13H21ClN5O2+. The van der Waals surface area contributed by atoms with Gasteiger partial charge in [-0.25, -0.2) is 0 Å². The Bertz CT molecular complexity index is 571. The summed E-state index contributed by atoms with van der Waals surface area (Å²) in [7, 11) is 9.19. The van der Waals surface area contributed by atoms with Crippen LogP contribution < -0.4 is 0 Å². The molecule has 0 spiro atoms. The number of hydrogen-bond donors (Lipinski definition) is 0. The predicted molar refractivity (Wildman–Crippen MR) is 83.4 cm³/mol. The zero-order chi connectivity index (χ0) is 15.8. The van der Waals surface area contributed by atoms with Crippen molar-refractivity contribution < 1.29 is 9.26 Å². The van der Waals surface area contributed by atoms with Gasteiger partial charge in [-0.2, -0.15) is 0 Å². The van der Waals surface area contributed by atoms with Crippen LogP contribution in [0.3, 0.4) is 0 Å². The molecule has 0 fully saturated rings. The monoisotopic (exact) mass is 314 g/mol. The van der Waals surface area contributed by atoms with Gasteiger partial charge in [-0.3, -0.25) is 9.80 Å². The number of carbonyl (C=O) groups excluding carboxylic acids is 1. The lowest BCUT2D eigenvalue weighted by Gasteiger charge is -2.10. The molecule has 1 heterocycles. The molecule has 0 saturated carbocycles. The van der Waals surface area contributed by atoms with Gasteiger partial charge in [0.05, 0.1) is 0 Å². The molecule has 2 aromatic rings. The molecule has 0 unspecified atom stereocenters. The predicted octanol–water partition coefficient (Wildman–Crippen LogP) is 1.80. The first kappa shape index (κ1) is 17.2. The molecule has 1 aromatic heterocycles. The van der Waals surface area contributed by atoms with E-state index < -0.39 is 0 Å². The molecule has 0 aliphatic carbocycles. The van der Waals surface area contributed by atoms with Gasteiger partial charge in [0, 0.05) is 40.5 Å². The maximum atomic E-state index is 5.70. The number of para-hydroxylation sites is 1. The Morgan fingerprint density at radius 2 is 1.81 bits per heavy atom. The van der Waals surface area contributed by atoms with Gasteiger partial charge in [-0.05, 0) is 16.7 Å². The van der Waals surface area contributed by atoms with Crippen LogP contribution in [0, 0.1) is 0 Å². The molecule has 7 nitrogen and oxygen atoms in total. The van der Waals surface area contributed by atoms with Crippen molar-refractivity contribution in [2.24, 2.45) is 0 Å². The summed E-state index contributed by atoms with van der Waals surface area (Å²) in [5, 5.41) is 8.00. The first-order chi connectivity index (χ1) is 10.0. The standard InChI is InChI=1S/C11H16N5O.C2H5ClO/c1-14(2)11(15(3)4)17-16-10-8-6-5-7-9(10)12-13-16;1-4-2-3/h5-8H,1-4H3;2H2,1H3/q+1;. The Hall–Kier alpha value is -1.86. The lowest BCUT2D eigenvalue weighted by molar-refractivity contribution is -0.244. The van der Waals surface area contributed by atoms with E-state index in [1.807, 2.05) is 62.3 Å². The molecule has 0 atom stereocenters. The Morgan fingerprint density at radius 1 is 1.24 bits per heavy atom. The number of urea groups is 1. The maximum absolute atomic E-state index is 5.70. The Labute approximate surface area is 129 Å². The molecule has 0 aliphatic heterocycles. The molecule has 2 amide bonds. The van der Waals surface area contributed by atoms with Gasteiger partial charge in [-0.15, -0.1) is 5.10 Å². The Kier molecular flexibility index (Phi) is 6.90. The highest BCUT2D eigenvalue weighted by atomic mass is 35.5. The number of hydrogen-bond acceptors (Lipinski definition) is 3. The van der Waals surface area contributed by atoms with Crippen molar-refractivity contribution in [1.82, 2.24) is 25.0 Å². The van der Waals surface area contributed by atoms with Gasteiger partial charge in [0.15, 0.2) is 5.52 Å². The number of rotatable bonds is 2. The maximum Gasteiger partial charge on any atom is 0.554 e. The van der Waals surface area contributed by atoms with Gasteiger partial charge in [0.1, 0.15) is 16.4 Å². The summed E-state index contributed by atoms with van der Waals surface area (Å²) in [6.07, 6.45) is 0. The fourth-order valence-electron chi connectivity index (χ4n) is 1.56. The van der Waals surface area contributed by atoms with Crippen LogP contribution in [0.4, 0.5) is 4.53 Å². The largest absolute Gasteiger partial charge is 0.554 e. The third kappa shape index (κ3) is 4.87. The third-order valence-electron chi connectivity index (χ3n) is 2.36. The minimum absolute atomic E-state index is 0.292. The van der Waals surface area contributed by atoms with Crippen molar-refractivity contribution in [3.05, 3.63) is 24.3 Å². The van der Waals surface area contributed by atoms with E-state index in [4.69, 9.17) is 16.1 Å². The summed E-state index contributed by atoms with van der Waals surface area (Å²) in [6, 6.07) is 8.63. The second kappa shape index (κ2) is 8.43. The summed E-state index contributed by atoms with van der Waals surface area (Å²) in [5.74, 6) is 0. The molecule has 2 rings (SSSR count). The summed E-state index contributed by atoms with van der Waals surface area (Å²) in [4.78, 5) is 5.16. The summed E-state index contributed by atoms with van der Waals surface area (Å²) < 4.78 is 10.0. The average molecular weight is 315 g/mol. The van der Waals surface area contributed by atoms with E-state index in [9.17, 15) is 0 Å². The molecule has 0 radical (unpaired) electrons. The average Bonchev–Trinajstić information content (AvgIpc) is 2.87. The lowest BCUT2D eigenvalue weighted by atomic mass is 10.3. The first-order valence-corrected chi connectivity index (χ1v) is 6.80. The van der Waals surface area contributed by atoms with E-state index in [0.29, 0.717) is 12.1 Å². The van der Waals surface area contributed by atoms with E-state index >= 15 is 0 Å². The number of aromatic nitrogens is 3. The van der Waals surface area contributed by atoms with Crippen molar-refractivity contribution in [3.8, 4) is 0 Å². The summed E-state index contributed by atoms with van der Waals surface area (Å²) >= 11 is 4.96.